The van der Waals surface area contributed by atoms with Crippen LogP contribution in [0.1, 0.15) is 51.6 Å². The van der Waals surface area contributed by atoms with Gasteiger partial charge in [0.15, 0.2) is 0 Å². The molecule has 0 bridgehead atoms. The Morgan fingerprint density at radius 3 is 2.11 bits per heavy atom. The summed E-state index contributed by atoms with van der Waals surface area (Å²) in [6.07, 6.45) is 0. The Morgan fingerprint density at radius 2 is 1.47 bits per heavy atom. The van der Waals surface area contributed by atoms with E-state index in [4.69, 9.17) is 0 Å². The Morgan fingerprint density at radius 1 is 0.816 bits per heavy atom. The average molecular weight is 519 g/mol. The van der Waals surface area contributed by atoms with Crippen LogP contribution in [0.5, 0.6) is 5.75 Å². The Bertz CT molecular complexity index is 1310. The van der Waals surface area contributed by atoms with Crippen LogP contribution in [0, 0.1) is 0 Å². The number of hydrogen-bond acceptors (Lipinski definition) is 5. The number of urea groups is 1. The number of carbonyl (C=O) groups excluding carboxylic acids is 3. The maximum Gasteiger partial charge on any atom is 0.328 e. The number of rotatable bonds is 10. The zero-order valence-corrected chi connectivity index (χ0v) is 21.0. The van der Waals surface area contributed by atoms with Crippen molar-refractivity contribution in [1.29, 1.82) is 0 Å². The van der Waals surface area contributed by atoms with Gasteiger partial charge in [-0.25, -0.2) is 9.59 Å². The van der Waals surface area contributed by atoms with Gasteiger partial charge in [-0.3, -0.25) is 9.59 Å². The molecule has 10 heteroatoms. The van der Waals surface area contributed by atoms with E-state index in [1.54, 1.807) is 24.3 Å². The number of carboxylic acid groups (broad SMARTS) is 1. The molecule has 0 heterocycles. The number of phenolic OH excluding ortho intramolecular Hbond substituents is 1. The molecule has 0 radical (unpaired) electrons. The number of carboxylic acids is 1. The number of phenols is 1. The lowest BCUT2D eigenvalue weighted by molar-refractivity contribution is -0.139. The minimum atomic E-state index is -1.38. The largest absolute Gasteiger partial charge is 0.508 e. The highest BCUT2D eigenvalue weighted by Gasteiger charge is 2.22. The maximum absolute atomic E-state index is 12.6. The van der Waals surface area contributed by atoms with Gasteiger partial charge >= 0.3 is 12.0 Å². The summed E-state index contributed by atoms with van der Waals surface area (Å²) < 4.78 is 0. The van der Waals surface area contributed by atoms with Gasteiger partial charge in [0.2, 0.25) is 0 Å². The van der Waals surface area contributed by atoms with Crippen molar-refractivity contribution in [3.05, 3.63) is 95.1 Å². The standard InChI is InChI=1S/C28H30N4O6/c1-17(2)22-8-3-4-9-23(22)32-28(38)30-16-24(27(36)37)31-26(35)20-12-10-19(11-13-20)25(34)29-15-18-6-5-7-21(33)14-18/h3-14,17,24,33H,15-16H2,1-2H3,(H,29,34)(H,31,35)(H,36,37)(H2,30,32,38). The fourth-order valence-corrected chi connectivity index (χ4v) is 3.64. The van der Waals surface area contributed by atoms with Crippen molar-refractivity contribution >= 4 is 29.5 Å². The van der Waals surface area contributed by atoms with E-state index in [1.165, 1.54) is 36.4 Å². The first-order chi connectivity index (χ1) is 18.1. The number of aliphatic carboxylic acids is 1. The highest BCUT2D eigenvalue weighted by Crippen LogP contribution is 2.23. The van der Waals surface area contributed by atoms with Crippen LogP contribution in [-0.4, -0.2) is 46.6 Å². The molecule has 198 valence electrons. The third-order valence-corrected chi connectivity index (χ3v) is 5.67. The van der Waals surface area contributed by atoms with Crippen LogP contribution < -0.4 is 21.3 Å². The minimum Gasteiger partial charge on any atom is -0.508 e. The van der Waals surface area contributed by atoms with E-state index in [2.05, 4.69) is 21.3 Å². The second-order valence-electron chi connectivity index (χ2n) is 8.87. The second-order valence-corrected chi connectivity index (χ2v) is 8.87. The molecule has 3 aromatic rings. The number of aromatic hydroxyl groups is 1. The van der Waals surface area contributed by atoms with Crippen LogP contribution in [0.25, 0.3) is 0 Å². The van der Waals surface area contributed by atoms with Gasteiger partial charge in [-0.1, -0.05) is 44.2 Å². The minimum absolute atomic E-state index is 0.0964. The van der Waals surface area contributed by atoms with Gasteiger partial charge in [0, 0.05) is 23.4 Å². The van der Waals surface area contributed by atoms with Crippen molar-refractivity contribution in [1.82, 2.24) is 16.0 Å². The normalized spacial score (nSPS) is 11.3. The topological polar surface area (TPSA) is 157 Å². The summed E-state index contributed by atoms with van der Waals surface area (Å²) in [6.45, 7) is 3.85. The van der Waals surface area contributed by atoms with Gasteiger partial charge in [-0.05, 0) is 59.5 Å². The SMILES string of the molecule is CC(C)c1ccccc1NC(=O)NCC(NC(=O)c1ccc(C(=O)NCc2cccc(O)c2)cc1)C(=O)O. The van der Waals surface area contributed by atoms with E-state index in [0.717, 1.165) is 11.1 Å². The predicted molar refractivity (Wildman–Crippen MR) is 142 cm³/mol. The molecular weight excluding hydrogens is 488 g/mol. The van der Waals surface area contributed by atoms with Gasteiger partial charge < -0.3 is 31.5 Å². The Kier molecular flexibility index (Phi) is 9.42. The first-order valence-corrected chi connectivity index (χ1v) is 12.0. The van der Waals surface area contributed by atoms with Crippen molar-refractivity contribution < 1.29 is 29.4 Å². The van der Waals surface area contributed by atoms with Crippen LogP contribution in [-0.2, 0) is 11.3 Å². The zero-order chi connectivity index (χ0) is 27.7. The highest BCUT2D eigenvalue weighted by atomic mass is 16.4. The molecule has 3 rings (SSSR count). The summed E-state index contributed by atoms with van der Waals surface area (Å²) in [5, 5.41) is 29.3. The molecule has 0 aliphatic carbocycles. The monoisotopic (exact) mass is 518 g/mol. The fourth-order valence-electron chi connectivity index (χ4n) is 3.64. The first kappa shape index (κ1) is 27.7. The van der Waals surface area contributed by atoms with Crippen LogP contribution in [0.4, 0.5) is 10.5 Å². The lowest BCUT2D eigenvalue weighted by atomic mass is 10.0. The number of amides is 4. The Balaban J connectivity index is 1.53. The summed E-state index contributed by atoms with van der Waals surface area (Å²) in [5.74, 6) is -2.09. The molecule has 0 aliphatic heterocycles. The van der Waals surface area contributed by atoms with Crippen LogP contribution in [0.2, 0.25) is 0 Å². The summed E-state index contributed by atoms with van der Waals surface area (Å²) in [7, 11) is 0. The number of hydrogen-bond donors (Lipinski definition) is 6. The van der Waals surface area contributed by atoms with E-state index in [1.807, 2.05) is 26.0 Å². The molecule has 38 heavy (non-hydrogen) atoms. The molecule has 0 fully saturated rings. The van der Waals surface area contributed by atoms with Crippen molar-refractivity contribution in [2.24, 2.45) is 0 Å². The van der Waals surface area contributed by atoms with Gasteiger partial charge in [0.25, 0.3) is 11.8 Å². The molecule has 0 aromatic heterocycles. The van der Waals surface area contributed by atoms with Gasteiger partial charge in [-0.15, -0.1) is 0 Å². The smallest absolute Gasteiger partial charge is 0.328 e. The van der Waals surface area contributed by atoms with Crippen molar-refractivity contribution in [2.75, 3.05) is 11.9 Å². The molecule has 10 nitrogen and oxygen atoms in total. The number of benzene rings is 3. The van der Waals surface area contributed by atoms with Crippen molar-refractivity contribution in [3.63, 3.8) is 0 Å². The number of nitrogens with one attached hydrogen (secondary N) is 4. The molecule has 0 aliphatic rings. The molecule has 1 atom stereocenters. The van der Waals surface area contributed by atoms with E-state index in [9.17, 15) is 29.4 Å². The van der Waals surface area contributed by atoms with E-state index < -0.39 is 23.9 Å². The van der Waals surface area contributed by atoms with Gasteiger partial charge in [0.1, 0.15) is 11.8 Å². The molecule has 4 amide bonds. The third kappa shape index (κ3) is 7.82. The van der Waals surface area contributed by atoms with Crippen molar-refractivity contribution in [2.45, 2.75) is 32.4 Å². The Labute approximate surface area is 220 Å². The van der Waals surface area contributed by atoms with E-state index in [0.29, 0.717) is 11.3 Å². The summed E-state index contributed by atoms with van der Waals surface area (Å²) in [6, 6.07) is 17.5. The van der Waals surface area contributed by atoms with Crippen LogP contribution in [0.3, 0.4) is 0 Å². The van der Waals surface area contributed by atoms with Gasteiger partial charge in [-0.2, -0.15) is 0 Å². The molecule has 0 saturated carbocycles. The molecule has 0 spiro atoms. The first-order valence-electron chi connectivity index (χ1n) is 12.0. The second kappa shape index (κ2) is 12.9. The molecular formula is C28H30N4O6. The Hall–Kier alpha value is -4.86. The highest BCUT2D eigenvalue weighted by molar-refractivity contribution is 5.99. The molecule has 3 aromatic carbocycles. The summed E-state index contributed by atoms with van der Waals surface area (Å²) in [4.78, 5) is 49.0. The summed E-state index contributed by atoms with van der Waals surface area (Å²) >= 11 is 0. The number of carbonyl (C=O) groups is 4. The van der Waals surface area contributed by atoms with Crippen molar-refractivity contribution in [3.8, 4) is 5.75 Å². The van der Waals surface area contributed by atoms with Crippen LogP contribution in [0.15, 0.2) is 72.8 Å². The third-order valence-electron chi connectivity index (χ3n) is 5.67. The van der Waals surface area contributed by atoms with Gasteiger partial charge in [0.05, 0.1) is 6.54 Å². The average Bonchev–Trinajstić information content (AvgIpc) is 2.89. The molecule has 6 N–H and O–H groups in total. The predicted octanol–water partition coefficient (Wildman–Crippen LogP) is 3.45. The lowest BCUT2D eigenvalue weighted by Gasteiger charge is -2.17. The molecule has 1 unspecified atom stereocenters. The quantitative estimate of drug-likeness (QED) is 0.241. The zero-order valence-electron chi connectivity index (χ0n) is 21.0. The maximum atomic E-state index is 12.6. The lowest BCUT2D eigenvalue weighted by Crippen LogP contribution is -2.49. The number of anilines is 1. The fraction of sp³-hybridized carbons (Fsp3) is 0.214. The number of para-hydroxylation sites is 1. The summed E-state index contributed by atoms with van der Waals surface area (Å²) in [5.41, 5.74) is 2.72. The molecule has 0 saturated heterocycles. The van der Waals surface area contributed by atoms with E-state index >= 15 is 0 Å². The van der Waals surface area contributed by atoms with Crippen LogP contribution >= 0.6 is 0 Å². The van der Waals surface area contributed by atoms with E-state index in [-0.39, 0.29) is 36.2 Å².